The van der Waals surface area contributed by atoms with Crippen LogP contribution < -0.4 is 4.72 Å². The van der Waals surface area contributed by atoms with Crippen LogP contribution in [-0.2, 0) is 12.8 Å². The molecule has 0 atom stereocenters. The Hall–Kier alpha value is -2.71. The molecule has 6 rings (SSSR count). The van der Waals surface area contributed by atoms with Gasteiger partial charge in [0.25, 0.3) is 0 Å². The summed E-state index contributed by atoms with van der Waals surface area (Å²) < 4.78 is 3.69. The second-order valence-corrected chi connectivity index (χ2v) is 7.92. The van der Waals surface area contributed by atoms with Gasteiger partial charge in [0.1, 0.15) is 0 Å². The van der Waals surface area contributed by atoms with E-state index in [4.69, 9.17) is 0 Å². The molecule has 1 nitrogen and oxygen atoms in total. The second-order valence-electron chi connectivity index (χ2n) is 7.08. The molecule has 0 bridgehead atoms. The maximum absolute atomic E-state index is 3.69. The third kappa shape index (κ3) is 1.94. The summed E-state index contributed by atoms with van der Waals surface area (Å²) in [6.45, 7) is 0. The van der Waals surface area contributed by atoms with Gasteiger partial charge in [-0.25, -0.2) is 0 Å². The van der Waals surface area contributed by atoms with E-state index >= 15 is 0 Å². The van der Waals surface area contributed by atoms with Crippen LogP contribution in [0.25, 0.3) is 21.9 Å². The van der Waals surface area contributed by atoms with Crippen molar-refractivity contribution in [2.75, 3.05) is 4.72 Å². The van der Waals surface area contributed by atoms with Crippen molar-refractivity contribution in [1.29, 1.82) is 0 Å². The van der Waals surface area contributed by atoms with Gasteiger partial charge in [-0.3, -0.25) is 0 Å². The molecule has 0 spiro atoms. The van der Waals surface area contributed by atoms with Crippen molar-refractivity contribution in [2.45, 2.75) is 17.7 Å². The molecule has 4 aromatic carbocycles. The highest BCUT2D eigenvalue weighted by atomic mass is 32.2. The molecule has 1 N–H and O–H groups in total. The Kier molecular flexibility index (Phi) is 3.00. The van der Waals surface area contributed by atoms with Crippen molar-refractivity contribution in [1.82, 2.24) is 0 Å². The van der Waals surface area contributed by atoms with E-state index in [-0.39, 0.29) is 0 Å². The Morgan fingerprint density at radius 3 is 2.15 bits per heavy atom. The monoisotopic (exact) mass is 351 g/mol. The molecular formula is C24H17NS. The molecule has 124 valence electrons. The SMILES string of the molecule is c1ccc2c(c1)Cc1c3c(c4ccccc4c1C2)-c1ccccc1SN3. The topological polar surface area (TPSA) is 12.0 Å². The molecule has 2 aliphatic rings. The molecule has 0 unspecified atom stereocenters. The molecule has 26 heavy (non-hydrogen) atoms. The van der Waals surface area contributed by atoms with Gasteiger partial charge in [0, 0.05) is 16.9 Å². The van der Waals surface area contributed by atoms with Gasteiger partial charge in [-0.05, 0) is 63.0 Å². The van der Waals surface area contributed by atoms with Crippen LogP contribution in [0.15, 0.2) is 77.7 Å². The van der Waals surface area contributed by atoms with E-state index in [1.807, 2.05) is 0 Å². The molecular weight excluding hydrogens is 334 g/mol. The summed E-state index contributed by atoms with van der Waals surface area (Å²) in [6.07, 6.45) is 2.03. The molecule has 0 amide bonds. The largest absolute Gasteiger partial charge is 0.325 e. The van der Waals surface area contributed by atoms with Crippen molar-refractivity contribution in [3.8, 4) is 11.1 Å². The molecule has 1 aliphatic heterocycles. The van der Waals surface area contributed by atoms with E-state index < -0.39 is 0 Å². The number of benzene rings is 4. The van der Waals surface area contributed by atoms with Gasteiger partial charge >= 0.3 is 0 Å². The van der Waals surface area contributed by atoms with Crippen molar-refractivity contribution in [3.05, 3.63) is 95.1 Å². The van der Waals surface area contributed by atoms with E-state index in [0.717, 1.165) is 12.8 Å². The summed E-state index contributed by atoms with van der Waals surface area (Å²) in [6, 6.07) is 26.5. The summed E-state index contributed by atoms with van der Waals surface area (Å²) in [7, 11) is 0. The summed E-state index contributed by atoms with van der Waals surface area (Å²) >= 11 is 1.74. The Morgan fingerprint density at radius 2 is 1.31 bits per heavy atom. The van der Waals surface area contributed by atoms with Crippen LogP contribution in [0.3, 0.4) is 0 Å². The van der Waals surface area contributed by atoms with Crippen molar-refractivity contribution >= 4 is 28.4 Å². The second kappa shape index (κ2) is 5.39. The summed E-state index contributed by atoms with van der Waals surface area (Å²) in [5.41, 5.74) is 9.93. The molecule has 1 heterocycles. The first-order valence-electron chi connectivity index (χ1n) is 9.05. The average molecular weight is 351 g/mol. The fourth-order valence-electron chi connectivity index (χ4n) is 4.50. The van der Waals surface area contributed by atoms with E-state index in [2.05, 4.69) is 77.5 Å². The van der Waals surface area contributed by atoms with Gasteiger partial charge in [-0.2, -0.15) is 0 Å². The van der Waals surface area contributed by atoms with Crippen LogP contribution >= 0.6 is 11.9 Å². The fourth-order valence-corrected chi connectivity index (χ4v) is 5.37. The zero-order chi connectivity index (χ0) is 17.1. The normalized spacial score (nSPS) is 14.0. The van der Waals surface area contributed by atoms with E-state index in [9.17, 15) is 0 Å². The first kappa shape index (κ1) is 14.5. The van der Waals surface area contributed by atoms with Crippen LogP contribution in [-0.4, -0.2) is 0 Å². The highest BCUT2D eigenvalue weighted by molar-refractivity contribution is 8.00. The minimum atomic E-state index is 1.01. The molecule has 0 aromatic heterocycles. The third-order valence-corrected chi connectivity index (χ3v) is 6.59. The van der Waals surface area contributed by atoms with E-state index in [0.29, 0.717) is 0 Å². The third-order valence-electron chi connectivity index (χ3n) is 5.71. The zero-order valence-electron chi connectivity index (χ0n) is 14.3. The van der Waals surface area contributed by atoms with Gasteiger partial charge in [0.15, 0.2) is 0 Å². The lowest BCUT2D eigenvalue weighted by atomic mass is 9.80. The Morgan fingerprint density at radius 1 is 0.654 bits per heavy atom. The van der Waals surface area contributed by atoms with Crippen molar-refractivity contribution < 1.29 is 0 Å². The van der Waals surface area contributed by atoms with Gasteiger partial charge in [0.05, 0.1) is 5.69 Å². The van der Waals surface area contributed by atoms with Crippen molar-refractivity contribution in [2.24, 2.45) is 0 Å². The van der Waals surface area contributed by atoms with Gasteiger partial charge in [-0.1, -0.05) is 66.7 Å². The number of rotatable bonds is 0. The lowest BCUT2D eigenvalue weighted by Gasteiger charge is -2.30. The molecule has 0 radical (unpaired) electrons. The molecule has 0 saturated heterocycles. The van der Waals surface area contributed by atoms with Gasteiger partial charge in [0.2, 0.25) is 0 Å². The average Bonchev–Trinajstić information content (AvgIpc) is 2.72. The molecule has 0 fully saturated rings. The van der Waals surface area contributed by atoms with E-state index in [1.54, 1.807) is 11.9 Å². The van der Waals surface area contributed by atoms with Crippen LogP contribution in [0, 0.1) is 0 Å². The highest BCUT2D eigenvalue weighted by Crippen LogP contribution is 2.50. The predicted molar refractivity (Wildman–Crippen MR) is 111 cm³/mol. The zero-order valence-corrected chi connectivity index (χ0v) is 15.1. The smallest absolute Gasteiger partial charge is 0.0567 e. The maximum atomic E-state index is 3.69. The highest BCUT2D eigenvalue weighted by Gasteiger charge is 2.27. The molecule has 0 saturated carbocycles. The number of anilines is 1. The standard InChI is InChI=1S/C24H17NS/c1-2-8-16-14-21-20(13-15(16)7-1)17-9-3-4-10-18(17)23-19-11-5-6-12-22(19)26-25-24(21)23/h1-12,25H,13-14H2. The number of nitrogens with one attached hydrogen (secondary N) is 1. The maximum Gasteiger partial charge on any atom is 0.0567 e. The molecule has 1 aliphatic carbocycles. The Bertz CT molecular complexity index is 1190. The van der Waals surface area contributed by atoms with E-state index in [1.165, 1.54) is 54.7 Å². The minimum absolute atomic E-state index is 1.01. The first-order valence-corrected chi connectivity index (χ1v) is 9.87. The van der Waals surface area contributed by atoms with Crippen LogP contribution in [0.5, 0.6) is 0 Å². The summed E-state index contributed by atoms with van der Waals surface area (Å²) in [5.74, 6) is 0. The van der Waals surface area contributed by atoms with Crippen LogP contribution in [0.4, 0.5) is 5.69 Å². The number of fused-ring (bicyclic) bond motifs is 9. The lowest BCUT2D eigenvalue weighted by Crippen LogP contribution is -2.13. The van der Waals surface area contributed by atoms with Crippen LogP contribution in [0.1, 0.15) is 22.3 Å². The quantitative estimate of drug-likeness (QED) is 0.322. The minimum Gasteiger partial charge on any atom is -0.325 e. The van der Waals surface area contributed by atoms with Gasteiger partial charge in [-0.15, -0.1) is 0 Å². The first-order chi connectivity index (χ1) is 12.9. The molecule has 4 aromatic rings. The number of hydrogen-bond donors (Lipinski definition) is 1. The fraction of sp³-hybridized carbons (Fsp3) is 0.0833. The van der Waals surface area contributed by atoms with Crippen molar-refractivity contribution in [3.63, 3.8) is 0 Å². The Balaban J connectivity index is 1.73. The Labute approximate surface area is 157 Å². The predicted octanol–water partition coefficient (Wildman–Crippen LogP) is 6.43. The summed E-state index contributed by atoms with van der Waals surface area (Å²) in [5, 5.41) is 2.76. The molecule has 2 heteroatoms. The van der Waals surface area contributed by atoms with Crippen LogP contribution in [0.2, 0.25) is 0 Å². The number of hydrogen-bond acceptors (Lipinski definition) is 2. The van der Waals surface area contributed by atoms with Gasteiger partial charge < -0.3 is 4.72 Å². The summed E-state index contributed by atoms with van der Waals surface area (Å²) in [4.78, 5) is 1.31. The lowest BCUT2D eigenvalue weighted by molar-refractivity contribution is 1.02.